The smallest absolute Gasteiger partial charge is 0.188 e. The van der Waals surface area contributed by atoms with Crippen molar-refractivity contribution in [2.75, 3.05) is 0 Å². The summed E-state index contributed by atoms with van der Waals surface area (Å²) in [4.78, 5) is 16.9. The molecule has 0 bridgehead atoms. The van der Waals surface area contributed by atoms with Crippen molar-refractivity contribution >= 4 is 33.0 Å². The number of carbonyl (C=O) groups excluding carboxylic acids is 1. The van der Waals surface area contributed by atoms with Gasteiger partial charge in [0.25, 0.3) is 0 Å². The number of ketones is 1. The van der Waals surface area contributed by atoms with Gasteiger partial charge in [0.2, 0.25) is 0 Å². The van der Waals surface area contributed by atoms with Crippen LogP contribution in [0.15, 0.2) is 22.7 Å². The molecule has 80 valence electrons. The molecule has 0 aliphatic heterocycles. The van der Waals surface area contributed by atoms with E-state index in [1.54, 1.807) is 6.92 Å². The van der Waals surface area contributed by atoms with Gasteiger partial charge in [0, 0.05) is 28.3 Å². The lowest BCUT2D eigenvalue weighted by molar-refractivity contribution is 0.101. The first-order chi connectivity index (χ1) is 7.66. The lowest BCUT2D eigenvalue weighted by Crippen LogP contribution is -1.90. The largest absolute Gasteiger partial charge is 0.292 e. The molecule has 0 N–H and O–H groups in total. The first-order valence-corrected chi connectivity index (χ1v) is 6.56. The zero-order valence-corrected chi connectivity index (χ0v) is 11.0. The number of aromatic nitrogens is 1. The van der Waals surface area contributed by atoms with E-state index in [2.05, 4.69) is 27.0 Å². The van der Waals surface area contributed by atoms with Crippen LogP contribution in [0.1, 0.15) is 27.2 Å². The maximum atomic E-state index is 11.3. The fourth-order valence-electron chi connectivity index (χ4n) is 1.95. The Labute approximate surface area is 105 Å². The van der Waals surface area contributed by atoms with Gasteiger partial charge in [0.15, 0.2) is 10.8 Å². The van der Waals surface area contributed by atoms with E-state index in [1.807, 2.05) is 12.1 Å². The molecule has 0 unspecified atom stereocenters. The molecule has 0 saturated carbocycles. The average Bonchev–Trinajstić information content (AvgIpc) is 2.76. The van der Waals surface area contributed by atoms with Crippen LogP contribution in [0.5, 0.6) is 0 Å². The Hall–Kier alpha value is -1.00. The summed E-state index contributed by atoms with van der Waals surface area (Å²) in [6, 6.07) is 6.11. The number of rotatable bonds is 1. The molecule has 3 rings (SSSR count). The van der Waals surface area contributed by atoms with Gasteiger partial charge in [-0.2, -0.15) is 0 Å². The van der Waals surface area contributed by atoms with Crippen LogP contribution in [-0.2, 0) is 6.42 Å². The quantitative estimate of drug-likeness (QED) is 0.641. The van der Waals surface area contributed by atoms with Gasteiger partial charge in [-0.15, -0.1) is 11.3 Å². The minimum absolute atomic E-state index is 0.0518. The van der Waals surface area contributed by atoms with Gasteiger partial charge in [-0.3, -0.25) is 4.79 Å². The summed E-state index contributed by atoms with van der Waals surface area (Å²) in [6.45, 7) is 1.57. The Morgan fingerprint density at radius 3 is 3.06 bits per heavy atom. The summed E-state index contributed by atoms with van der Waals surface area (Å²) < 4.78 is 1.12. The highest BCUT2D eigenvalue weighted by molar-refractivity contribution is 9.10. The van der Waals surface area contributed by atoms with E-state index in [0.717, 1.165) is 22.2 Å². The van der Waals surface area contributed by atoms with E-state index in [-0.39, 0.29) is 5.78 Å². The van der Waals surface area contributed by atoms with Gasteiger partial charge in [-0.05, 0) is 11.6 Å². The summed E-state index contributed by atoms with van der Waals surface area (Å²) in [5, 5.41) is 0.621. The lowest BCUT2D eigenvalue weighted by Gasteiger charge is -2.00. The Morgan fingerprint density at radius 1 is 1.50 bits per heavy atom. The summed E-state index contributed by atoms with van der Waals surface area (Å²) in [7, 11) is 0. The first kappa shape index (κ1) is 10.2. The topological polar surface area (TPSA) is 30.0 Å². The summed E-state index contributed by atoms with van der Waals surface area (Å²) >= 11 is 5.06. The van der Waals surface area contributed by atoms with Crippen molar-refractivity contribution in [3.05, 3.63) is 38.1 Å². The number of hydrogen-bond donors (Lipinski definition) is 0. The maximum Gasteiger partial charge on any atom is 0.188 e. The van der Waals surface area contributed by atoms with Crippen molar-refractivity contribution in [3.8, 4) is 11.3 Å². The normalized spacial score (nSPS) is 12.4. The van der Waals surface area contributed by atoms with Crippen molar-refractivity contribution in [1.82, 2.24) is 4.98 Å². The molecule has 1 aliphatic carbocycles. The van der Waals surface area contributed by atoms with E-state index in [9.17, 15) is 4.79 Å². The third kappa shape index (κ3) is 1.37. The number of benzene rings is 1. The molecule has 16 heavy (non-hydrogen) atoms. The van der Waals surface area contributed by atoms with Crippen molar-refractivity contribution in [3.63, 3.8) is 0 Å². The molecule has 1 aliphatic rings. The summed E-state index contributed by atoms with van der Waals surface area (Å²) in [5.41, 5.74) is 3.44. The molecule has 2 aromatic rings. The summed E-state index contributed by atoms with van der Waals surface area (Å²) in [6.07, 6.45) is 0.886. The highest BCUT2D eigenvalue weighted by Crippen LogP contribution is 2.42. The highest BCUT2D eigenvalue weighted by atomic mass is 79.9. The predicted octanol–water partition coefficient (Wildman–Crippen LogP) is 3.68. The van der Waals surface area contributed by atoms with E-state index >= 15 is 0 Å². The van der Waals surface area contributed by atoms with Crippen LogP contribution in [0, 0.1) is 0 Å². The van der Waals surface area contributed by atoms with Crippen LogP contribution in [0.25, 0.3) is 11.3 Å². The third-order valence-electron chi connectivity index (χ3n) is 2.71. The van der Waals surface area contributed by atoms with Crippen LogP contribution in [0.2, 0.25) is 0 Å². The Bertz CT molecular complexity index is 603. The van der Waals surface area contributed by atoms with Gasteiger partial charge in [-0.25, -0.2) is 4.98 Å². The van der Waals surface area contributed by atoms with Gasteiger partial charge in [0.05, 0.1) is 5.69 Å². The average molecular weight is 294 g/mol. The summed E-state index contributed by atoms with van der Waals surface area (Å²) in [5.74, 6) is 0.0518. The molecule has 2 nitrogen and oxygen atoms in total. The second-order valence-corrected chi connectivity index (χ2v) is 5.73. The number of carbonyl (C=O) groups is 1. The fourth-order valence-corrected chi connectivity index (χ4v) is 3.44. The molecule has 0 atom stereocenters. The standard InChI is InChI=1S/C12H8BrNOS/c1-6(15)12-14-11-7-3-2-4-9(13)8(7)5-10(11)16-12/h2-4H,5H2,1H3. The minimum atomic E-state index is 0.0518. The molecule has 0 spiro atoms. The molecule has 0 amide bonds. The second-order valence-electron chi connectivity index (χ2n) is 3.79. The molecule has 1 heterocycles. The van der Waals surface area contributed by atoms with Crippen LogP contribution in [-0.4, -0.2) is 10.8 Å². The third-order valence-corrected chi connectivity index (χ3v) is 4.61. The molecular weight excluding hydrogens is 286 g/mol. The van der Waals surface area contributed by atoms with E-state index < -0.39 is 0 Å². The van der Waals surface area contributed by atoms with Gasteiger partial charge in [-0.1, -0.05) is 28.1 Å². The molecular formula is C12H8BrNOS. The maximum absolute atomic E-state index is 11.3. The molecule has 0 fully saturated rings. The van der Waals surface area contributed by atoms with Crippen LogP contribution < -0.4 is 0 Å². The van der Waals surface area contributed by atoms with Crippen molar-refractivity contribution in [1.29, 1.82) is 0 Å². The Kier molecular flexibility index (Phi) is 2.23. The number of halogens is 1. The molecule has 0 radical (unpaired) electrons. The molecule has 1 aromatic heterocycles. The van der Waals surface area contributed by atoms with Crippen molar-refractivity contribution in [2.45, 2.75) is 13.3 Å². The zero-order chi connectivity index (χ0) is 11.3. The van der Waals surface area contributed by atoms with Gasteiger partial charge >= 0.3 is 0 Å². The SMILES string of the molecule is CC(=O)c1nc2c(s1)Cc1c(Br)cccc1-2. The van der Waals surface area contributed by atoms with Crippen LogP contribution >= 0.6 is 27.3 Å². The molecule has 1 aromatic carbocycles. The zero-order valence-electron chi connectivity index (χ0n) is 8.58. The fraction of sp³-hybridized carbons (Fsp3) is 0.167. The lowest BCUT2D eigenvalue weighted by atomic mass is 10.1. The van der Waals surface area contributed by atoms with Crippen molar-refractivity contribution in [2.24, 2.45) is 0 Å². The molecule has 0 saturated heterocycles. The Morgan fingerprint density at radius 2 is 2.31 bits per heavy atom. The second kappa shape index (κ2) is 3.50. The van der Waals surface area contributed by atoms with E-state index in [1.165, 1.54) is 21.8 Å². The number of Topliss-reactive ketones (excluding diaryl/α,β-unsaturated/α-hetero) is 1. The van der Waals surface area contributed by atoms with Crippen LogP contribution in [0.3, 0.4) is 0 Å². The Balaban J connectivity index is 2.20. The van der Waals surface area contributed by atoms with E-state index in [4.69, 9.17) is 0 Å². The first-order valence-electron chi connectivity index (χ1n) is 4.95. The predicted molar refractivity (Wildman–Crippen MR) is 68.1 cm³/mol. The number of thiazole rings is 1. The highest BCUT2D eigenvalue weighted by Gasteiger charge is 2.25. The van der Waals surface area contributed by atoms with Crippen molar-refractivity contribution < 1.29 is 4.79 Å². The minimum Gasteiger partial charge on any atom is -0.292 e. The number of hydrogen-bond acceptors (Lipinski definition) is 3. The van der Waals surface area contributed by atoms with Crippen LogP contribution in [0.4, 0.5) is 0 Å². The number of fused-ring (bicyclic) bond motifs is 3. The van der Waals surface area contributed by atoms with Gasteiger partial charge < -0.3 is 0 Å². The monoisotopic (exact) mass is 293 g/mol. The number of nitrogens with zero attached hydrogens (tertiary/aromatic N) is 1. The molecule has 4 heteroatoms. The van der Waals surface area contributed by atoms with Gasteiger partial charge in [0.1, 0.15) is 0 Å². The van der Waals surface area contributed by atoms with E-state index in [0.29, 0.717) is 5.01 Å².